The number of hydrogen-bond acceptors (Lipinski definition) is 5. The van der Waals surface area contributed by atoms with Crippen LogP contribution in [-0.2, 0) is 0 Å². The van der Waals surface area contributed by atoms with Gasteiger partial charge >= 0.3 is 0 Å². The van der Waals surface area contributed by atoms with Crippen molar-refractivity contribution in [2.24, 2.45) is 0 Å². The van der Waals surface area contributed by atoms with Crippen LogP contribution in [0.3, 0.4) is 0 Å². The van der Waals surface area contributed by atoms with E-state index in [0.717, 1.165) is 31.9 Å². The molecule has 0 atom stereocenters. The van der Waals surface area contributed by atoms with Crippen LogP contribution < -0.4 is 0 Å². The van der Waals surface area contributed by atoms with Crippen molar-refractivity contribution in [3.05, 3.63) is 94.3 Å². The summed E-state index contributed by atoms with van der Waals surface area (Å²) < 4.78 is 1.92. The summed E-state index contributed by atoms with van der Waals surface area (Å²) in [5, 5.41) is 2.88. The number of aromatic nitrogens is 3. The van der Waals surface area contributed by atoms with Gasteiger partial charge in [0, 0.05) is 22.7 Å². The number of benzene rings is 3. The van der Waals surface area contributed by atoms with E-state index in [4.69, 9.17) is 9.97 Å². The molecule has 5 nitrogen and oxygen atoms in total. The van der Waals surface area contributed by atoms with E-state index < -0.39 is 0 Å². The second-order valence-electron chi connectivity index (χ2n) is 8.44. The first kappa shape index (κ1) is 19.8. The van der Waals surface area contributed by atoms with Gasteiger partial charge in [0.2, 0.25) is 0 Å². The lowest BCUT2D eigenvalue weighted by Gasteiger charge is -2.06. The molecule has 1 aliphatic rings. The Bertz CT molecular complexity index is 1570. The SMILES string of the molecule is CC(C)c1nc2c(nc(C=C3C(=O)c4cc5ccccc5cc4C3=O)n2-c2ccccc2)s1. The molecule has 0 spiro atoms. The number of carbonyl (C=O) groups is 2. The maximum atomic E-state index is 13.3. The van der Waals surface area contributed by atoms with Crippen molar-refractivity contribution >= 4 is 50.2 Å². The Morgan fingerprint density at radius 2 is 1.45 bits per heavy atom. The molecule has 0 N–H and O–H groups in total. The molecule has 0 saturated heterocycles. The largest absolute Gasteiger partial charge is 0.288 e. The second kappa shape index (κ2) is 7.32. The highest BCUT2D eigenvalue weighted by Gasteiger charge is 2.34. The molecule has 0 aliphatic heterocycles. The molecule has 5 aromatic rings. The number of fused-ring (bicyclic) bond motifs is 3. The third kappa shape index (κ3) is 3.06. The average Bonchev–Trinajstić information content (AvgIpc) is 3.45. The van der Waals surface area contributed by atoms with E-state index in [-0.39, 0.29) is 23.1 Å². The molecule has 6 rings (SSSR count). The standard InChI is InChI=1S/C27H19N3O2S/c1-15(2)26-29-25-27(33-26)28-22(30(25)18-10-4-3-5-11-18)14-21-23(31)19-12-16-8-6-7-9-17(16)13-20(19)24(21)32/h3-15H,1-2H3. The van der Waals surface area contributed by atoms with Crippen LogP contribution in [0.2, 0.25) is 0 Å². The number of hydrogen-bond donors (Lipinski definition) is 0. The lowest BCUT2D eigenvalue weighted by atomic mass is 10.0. The smallest absolute Gasteiger partial charge is 0.197 e. The fourth-order valence-corrected chi connectivity index (χ4v) is 5.18. The van der Waals surface area contributed by atoms with Gasteiger partial charge in [0.1, 0.15) is 5.82 Å². The third-order valence-electron chi connectivity index (χ3n) is 5.91. The zero-order valence-corrected chi connectivity index (χ0v) is 18.9. The van der Waals surface area contributed by atoms with Crippen LogP contribution in [0.15, 0.2) is 72.3 Å². The molecule has 0 unspecified atom stereocenters. The van der Waals surface area contributed by atoms with Crippen LogP contribution >= 0.6 is 11.3 Å². The van der Waals surface area contributed by atoms with Crippen molar-refractivity contribution in [2.45, 2.75) is 19.8 Å². The molecular weight excluding hydrogens is 430 g/mol. The Hall–Kier alpha value is -3.90. The van der Waals surface area contributed by atoms with Crippen molar-refractivity contribution in [3.63, 3.8) is 0 Å². The Kier molecular flexibility index (Phi) is 4.38. The highest BCUT2D eigenvalue weighted by Crippen LogP contribution is 2.34. The van der Waals surface area contributed by atoms with Crippen LogP contribution in [0.4, 0.5) is 0 Å². The topological polar surface area (TPSA) is 64.8 Å². The summed E-state index contributed by atoms with van der Waals surface area (Å²) in [6, 6.07) is 21.1. The van der Waals surface area contributed by atoms with Crippen LogP contribution in [0.5, 0.6) is 0 Å². The molecule has 160 valence electrons. The predicted octanol–water partition coefficient (Wildman–Crippen LogP) is 6.22. The maximum Gasteiger partial charge on any atom is 0.197 e. The van der Waals surface area contributed by atoms with E-state index in [2.05, 4.69) is 13.8 Å². The first-order valence-electron chi connectivity index (χ1n) is 10.8. The fraction of sp³-hybridized carbons (Fsp3) is 0.111. The molecule has 6 heteroatoms. The molecule has 0 fully saturated rings. The highest BCUT2D eigenvalue weighted by atomic mass is 32.1. The summed E-state index contributed by atoms with van der Waals surface area (Å²) in [5.74, 6) is 0.293. The Labute approximate surface area is 194 Å². The molecule has 2 heterocycles. The van der Waals surface area contributed by atoms with Gasteiger partial charge in [-0.05, 0) is 41.1 Å². The molecule has 33 heavy (non-hydrogen) atoms. The van der Waals surface area contributed by atoms with Crippen LogP contribution in [0.25, 0.3) is 33.0 Å². The van der Waals surface area contributed by atoms with Gasteiger partial charge in [-0.1, -0.05) is 67.6 Å². The van der Waals surface area contributed by atoms with E-state index in [0.29, 0.717) is 17.0 Å². The van der Waals surface area contributed by atoms with Gasteiger partial charge in [-0.2, -0.15) is 0 Å². The van der Waals surface area contributed by atoms with E-state index in [1.807, 2.05) is 71.3 Å². The lowest BCUT2D eigenvalue weighted by molar-refractivity contribution is 0.0990. The Balaban J connectivity index is 1.54. The average molecular weight is 450 g/mol. The van der Waals surface area contributed by atoms with Gasteiger partial charge in [0.05, 0.1) is 10.6 Å². The van der Waals surface area contributed by atoms with Crippen molar-refractivity contribution in [2.75, 3.05) is 0 Å². The number of carbonyl (C=O) groups excluding carboxylic acids is 2. The van der Waals surface area contributed by atoms with Gasteiger partial charge in [-0.15, -0.1) is 0 Å². The number of rotatable bonds is 3. The molecule has 3 aromatic carbocycles. The second-order valence-corrected chi connectivity index (χ2v) is 9.45. The molecule has 0 amide bonds. The van der Waals surface area contributed by atoms with E-state index in [9.17, 15) is 9.59 Å². The number of nitrogens with zero attached hydrogens (tertiary/aromatic N) is 3. The number of Topliss-reactive ketones (excluding diaryl/α,β-unsaturated/α-hetero) is 2. The summed E-state index contributed by atoms with van der Waals surface area (Å²) >= 11 is 1.54. The number of allylic oxidation sites excluding steroid dienone is 1. The summed E-state index contributed by atoms with van der Waals surface area (Å²) in [4.78, 5) is 36.9. The number of imidazole rings is 1. The summed E-state index contributed by atoms with van der Waals surface area (Å²) in [6.07, 6.45) is 1.62. The fourth-order valence-electron chi connectivity index (χ4n) is 4.25. The minimum absolute atomic E-state index is 0.138. The number of thiazole rings is 1. The highest BCUT2D eigenvalue weighted by molar-refractivity contribution is 7.18. The lowest BCUT2D eigenvalue weighted by Crippen LogP contribution is -2.04. The van der Waals surface area contributed by atoms with Crippen molar-refractivity contribution < 1.29 is 9.59 Å². The number of ketones is 2. The minimum atomic E-state index is -0.262. The molecule has 1 aliphatic carbocycles. The zero-order chi connectivity index (χ0) is 22.7. The third-order valence-corrected chi connectivity index (χ3v) is 7.15. The normalized spacial score (nSPS) is 13.5. The van der Waals surface area contributed by atoms with Crippen molar-refractivity contribution in [1.29, 1.82) is 0 Å². The van der Waals surface area contributed by atoms with E-state index in [1.165, 1.54) is 0 Å². The predicted molar refractivity (Wildman–Crippen MR) is 131 cm³/mol. The maximum absolute atomic E-state index is 13.3. The molecule has 0 bridgehead atoms. The summed E-state index contributed by atoms with van der Waals surface area (Å²) in [7, 11) is 0. The Morgan fingerprint density at radius 1 is 0.848 bits per heavy atom. The first-order chi connectivity index (χ1) is 16.0. The first-order valence-corrected chi connectivity index (χ1v) is 11.6. The molecule has 0 radical (unpaired) electrons. The molecule has 0 saturated carbocycles. The number of para-hydroxylation sites is 1. The Morgan fingerprint density at radius 3 is 2.06 bits per heavy atom. The summed E-state index contributed by atoms with van der Waals surface area (Å²) in [6.45, 7) is 4.20. The van der Waals surface area contributed by atoms with Gasteiger partial charge in [-0.3, -0.25) is 14.2 Å². The summed E-state index contributed by atoms with van der Waals surface area (Å²) in [5.41, 5.74) is 2.66. The van der Waals surface area contributed by atoms with Crippen LogP contribution in [0.1, 0.15) is 51.3 Å². The molecular formula is C27H19N3O2S. The monoisotopic (exact) mass is 449 g/mol. The van der Waals surface area contributed by atoms with Crippen molar-refractivity contribution in [3.8, 4) is 5.69 Å². The quantitative estimate of drug-likeness (QED) is 0.242. The van der Waals surface area contributed by atoms with E-state index in [1.54, 1.807) is 17.4 Å². The van der Waals surface area contributed by atoms with Gasteiger partial charge in [0.15, 0.2) is 22.0 Å². The van der Waals surface area contributed by atoms with Gasteiger partial charge in [-0.25, -0.2) is 9.97 Å². The zero-order valence-electron chi connectivity index (χ0n) is 18.1. The van der Waals surface area contributed by atoms with Crippen LogP contribution in [0, 0.1) is 0 Å². The van der Waals surface area contributed by atoms with Crippen molar-refractivity contribution in [1.82, 2.24) is 14.5 Å². The molecule has 2 aromatic heterocycles. The van der Waals surface area contributed by atoms with Gasteiger partial charge < -0.3 is 0 Å². The van der Waals surface area contributed by atoms with E-state index >= 15 is 0 Å². The van der Waals surface area contributed by atoms with Crippen LogP contribution in [-0.4, -0.2) is 26.1 Å². The van der Waals surface area contributed by atoms with Gasteiger partial charge in [0.25, 0.3) is 0 Å². The minimum Gasteiger partial charge on any atom is -0.288 e.